The molecule has 2 aromatic heterocycles. The SMILES string of the molecule is CC(Nc1cc(CNC(=O)[N+]2(S(=O)(=O)c3ccc(F)cc3)CC(F)(F)C[C@H]2C)cc(-c2ccc(C(F)(F)F)cc2)n1)c1cccnc1. The molecule has 15 heteroatoms. The van der Waals surface area contributed by atoms with E-state index in [0.717, 1.165) is 42.0 Å². The van der Waals surface area contributed by atoms with Crippen molar-refractivity contribution in [3.63, 3.8) is 0 Å². The number of pyridine rings is 2. The largest absolute Gasteiger partial charge is 0.432 e. The number of amides is 2. The van der Waals surface area contributed by atoms with Crippen molar-refractivity contribution in [2.45, 2.75) is 55.9 Å². The zero-order valence-electron chi connectivity index (χ0n) is 25.1. The molecule has 248 valence electrons. The van der Waals surface area contributed by atoms with Gasteiger partial charge in [0.15, 0.2) is 6.54 Å². The molecule has 0 saturated carbocycles. The Kier molecular flexibility index (Phi) is 9.08. The van der Waals surface area contributed by atoms with Gasteiger partial charge in [-0.15, -0.1) is 3.89 Å². The van der Waals surface area contributed by atoms with Crippen molar-refractivity contribution in [2.75, 3.05) is 11.9 Å². The number of urea groups is 1. The minimum Gasteiger partial charge on any atom is -0.363 e. The molecule has 1 fully saturated rings. The van der Waals surface area contributed by atoms with Crippen LogP contribution in [-0.4, -0.2) is 46.8 Å². The highest BCUT2D eigenvalue weighted by molar-refractivity contribution is 7.86. The van der Waals surface area contributed by atoms with E-state index in [1.165, 1.54) is 25.1 Å². The molecule has 0 bridgehead atoms. The Labute approximate surface area is 267 Å². The highest BCUT2D eigenvalue weighted by Crippen LogP contribution is 2.43. The predicted octanol–water partition coefficient (Wildman–Crippen LogP) is 7.32. The van der Waals surface area contributed by atoms with E-state index in [9.17, 15) is 39.6 Å². The van der Waals surface area contributed by atoms with Crippen molar-refractivity contribution >= 4 is 21.9 Å². The van der Waals surface area contributed by atoms with Gasteiger partial charge in [0.05, 0.1) is 23.7 Å². The van der Waals surface area contributed by atoms with E-state index in [-0.39, 0.29) is 24.1 Å². The van der Waals surface area contributed by atoms with Gasteiger partial charge in [0.1, 0.15) is 22.6 Å². The van der Waals surface area contributed by atoms with E-state index >= 15 is 0 Å². The van der Waals surface area contributed by atoms with Crippen LogP contribution in [0.2, 0.25) is 0 Å². The molecule has 2 aromatic carbocycles. The van der Waals surface area contributed by atoms with Gasteiger partial charge in [0, 0.05) is 24.5 Å². The van der Waals surface area contributed by atoms with Gasteiger partial charge in [0.25, 0.3) is 0 Å². The van der Waals surface area contributed by atoms with Crippen molar-refractivity contribution in [3.8, 4) is 11.3 Å². The molecule has 3 heterocycles. The van der Waals surface area contributed by atoms with E-state index in [1.54, 1.807) is 24.5 Å². The fraction of sp³-hybridized carbons (Fsp3) is 0.281. The van der Waals surface area contributed by atoms with Crippen LogP contribution >= 0.6 is 0 Å². The van der Waals surface area contributed by atoms with Crippen molar-refractivity contribution in [3.05, 3.63) is 108 Å². The normalized spacial score (nSPS) is 20.0. The molecule has 5 rings (SSSR count). The number of carbonyl (C=O) groups is 1. The first-order valence-electron chi connectivity index (χ1n) is 14.4. The van der Waals surface area contributed by atoms with Crippen LogP contribution in [-0.2, 0) is 22.7 Å². The van der Waals surface area contributed by atoms with Crippen molar-refractivity contribution in [1.82, 2.24) is 15.3 Å². The molecular formula is C32H30F6N5O3S+. The van der Waals surface area contributed by atoms with E-state index in [0.29, 0.717) is 11.1 Å². The molecule has 4 aromatic rings. The second-order valence-electron chi connectivity index (χ2n) is 11.4. The summed E-state index contributed by atoms with van der Waals surface area (Å²) >= 11 is 0. The van der Waals surface area contributed by atoms with Gasteiger partial charge in [-0.1, -0.05) is 18.2 Å². The molecule has 2 amide bonds. The molecule has 47 heavy (non-hydrogen) atoms. The number of carbonyl (C=O) groups excluding carboxylic acids is 1. The van der Waals surface area contributed by atoms with Gasteiger partial charge in [-0.2, -0.15) is 21.6 Å². The molecule has 3 atom stereocenters. The van der Waals surface area contributed by atoms with E-state index in [1.807, 2.05) is 13.0 Å². The highest BCUT2D eigenvalue weighted by Gasteiger charge is 2.66. The molecule has 0 aliphatic carbocycles. The maximum Gasteiger partial charge on any atom is 0.432 e. The number of benzene rings is 2. The lowest BCUT2D eigenvalue weighted by Crippen LogP contribution is -2.62. The lowest BCUT2D eigenvalue weighted by Gasteiger charge is -2.33. The summed E-state index contributed by atoms with van der Waals surface area (Å²) in [4.78, 5) is 21.9. The number of quaternary nitrogens is 1. The molecule has 0 radical (unpaired) electrons. The molecule has 1 saturated heterocycles. The second-order valence-corrected chi connectivity index (χ2v) is 13.5. The number of halogens is 6. The van der Waals surface area contributed by atoms with E-state index in [2.05, 4.69) is 20.6 Å². The molecule has 1 aliphatic heterocycles. The summed E-state index contributed by atoms with van der Waals surface area (Å²) in [5.41, 5.74) is 0.834. The number of hydrogen-bond donors (Lipinski definition) is 2. The summed E-state index contributed by atoms with van der Waals surface area (Å²) in [7, 11) is -4.81. The number of likely N-dealkylation sites (tertiary alicyclic amines) is 1. The van der Waals surface area contributed by atoms with Crippen LogP contribution in [0, 0.1) is 5.82 Å². The summed E-state index contributed by atoms with van der Waals surface area (Å²) in [6, 6.07) is 11.5. The summed E-state index contributed by atoms with van der Waals surface area (Å²) in [6.45, 7) is 1.39. The first-order valence-corrected chi connectivity index (χ1v) is 15.9. The maximum atomic E-state index is 14.8. The summed E-state index contributed by atoms with van der Waals surface area (Å²) in [5.74, 6) is -3.97. The lowest BCUT2D eigenvalue weighted by atomic mass is 10.1. The Bertz CT molecular complexity index is 1860. The fourth-order valence-electron chi connectivity index (χ4n) is 5.63. The third kappa shape index (κ3) is 6.95. The number of sulfonamides is 1. The quantitative estimate of drug-likeness (QED) is 0.150. The number of hydrogen-bond acceptors (Lipinski definition) is 6. The van der Waals surface area contributed by atoms with Crippen LogP contribution in [0.4, 0.5) is 37.0 Å². The van der Waals surface area contributed by atoms with Crippen molar-refractivity contribution in [2.24, 2.45) is 0 Å². The Hall–Kier alpha value is -4.50. The monoisotopic (exact) mass is 678 g/mol. The van der Waals surface area contributed by atoms with Crippen molar-refractivity contribution in [1.29, 1.82) is 0 Å². The number of aromatic nitrogens is 2. The highest BCUT2D eigenvalue weighted by atomic mass is 32.2. The smallest absolute Gasteiger partial charge is 0.363 e. The molecule has 0 spiro atoms. The van der Waals surface area contributed by atoms with Crippen LogP contribution in [0.25, 0.3) is 11.3 Å². The Morgan fingerprint density at radius 2 is 1.74 bits per heavy atom. The van der Waals surface area contributed by atoms with E-state index < -0.39 is 67.3 Å². The van der Waals surface area contributed by atoms with Crippen LogP contribution in [0.15, 0.2) is 90.1 Å². The van der Waals surface area contributed by atoms with Crippen molar-refractivity contribution < 1.29 is 43.4 Å². The zero-order chi connectivity index (χ0) is 34.2. The summed E-state index contributed by atoms with van der Waals surface area (Å²) in [5, 5.41) is 5.68. The zero-order valence-corrected chi connectivity index (χ0v) is 25.9. The molecule has 1 aliphatic rings. The number of nitrogens with zero attached hydrogens (tertiary/aromatic N) is 3. The van der Waals surface area contributed by atoms with Gasteiger partial charge in [-0.25, -0.2) is 22.9 Å². The van der Waals surface area contributed by atoms with Gasteiger partial charge in [-0.05, 0) is 79.6 Å². The lowest BCUT2D eigenvalue weighted by molar-refractivity contribution is -0.738. The van der Waals surface area contributed by atoms with Crippen LogP contribution in [0.1, 0.15) is 43.0 Å². The number of alkyl halides is 5. The van der Waals surface area contributed by atoms with Crippen LogP contribution in [0.5, 0.6) is 0 Å². The Balaban J connectivity index is 1.49. The second kappa shape index (κ2) is 12.6. The van der Waals surface area contributed by atoms with Gasteiger partial charge in [0.2, 0.25) is 0 Å². The minimum absolute atomic E-state index is 0.232. The average Bonchev–Trinajstić information content (AvgIpc) is 3.29. The first kappa shape index (κ1) is 33.9. The number of nitrogens with one attached hydrogen (secondary N) is 2. The standard InChI is InChI=1S/C32H29F6N5O3S/c1-20-16-31(34,35)19-43(20,47(45,46)27-11-9-26(33)10-12-27)30(44)40-17-22-14-28(23-5-7-25(8-6-23)32(36,37)38)42-29(15-22)41-21(2)24-4-3-13-39-18-24/h3-15,18,20-21H,16-17,19H2,1-2H3,(H-,40,41,42,44)/p+1/t20-,21?,43?/m1/s1. The Morgan fingerprint density at radius 3 is 2.32 bits per heavy atom. The maximum absolute atomic E-state index is 14.8. The predicted molar refractivity (Wildman–Crippen MR) is 161 cm³/mol. The van der Waals surface area contributed by atoms with Crippen LogP contribution < -0.4 is 10.6 Å². The van der Waals surface area contributed by atoms with Gasteiger partial charge < -0.3 is 10.6 Å². The third-order valence-corrected chi connectivity index (χ3v) is 10.4. The molecular weight excluding hydrogens is 648 g/mol. The minimum atomic E-state index is -4.81. The van der Waals surface area contributed by atoms with E-state index in [4.69, 9.17) is 0 Å². The third-order valence-electron chi connectivity index (χ3n) is 8.04. The number of rotatable bonds is 8. The number of anilines is 1. The Morgan fingerprint density at radius 1 is 1.06 bits per heavy atom. The first-order chi connectivity index (χ1) is 22.0. The summed E-state index contributed by atoms with van der Waals surface area (Å²) in [6.07, 6.45) is -2.20. The van der Waals surface area contributed by atoms with Gasteiger partial charge >= 0.3 is 28.2 Å². The topological polar surface area (TPSA) is 101 Å². The average molecular weight is 679 g/mol. The summed E-state index contributed by atoms with van der Waals surface area (Å²) < 4.78 is 109. The van der Waals surface area contributed by atoms with Gasteiger partial charge in [-0.3, -0.25) is 4.98 Å². The van der Waals surface area contributed by atoms with Crippen LogP contribution in [0.3, 0.4) is 0 Å². The fourth-order valence-corrected chi connectivity index (χ4v) is 7.68. The molecule has 8 nitrogen and oxygen atoms in total. The molecule has 2 unspecified atom stereocenters. The molecule has 2 N–H and O–H groups in total.